The molecule has 4 heteroatoms. The third-order valence-corrected chi connectivity index (χ3v) is 6.09. The Morgan fingerprint density at radius 3 is 2.35 bits per heavy atom. The van der Waals surface area contributed by atoms with Gasteiger partial charge < -0.3 is 15.2 Å². The number of hydrogen-bond acceptors (Lipinski definition) is 3. The summed E-state index contributed by atoms with van der Waals surface area (Å²) in [5, 5.41) is 14.2. The van der Waals surface area contributed by atoms with Crippen LogP contribution in [0.3, 0.4) is 0 Å². The van der Waals surface area contributed by atoms with Gasteiger partial charge in [0.1, 0.15) is 0 Å². The van der Waals surface area contributed by atoms with E-state index >= 15 is 0 Å². The minimum Gasteiger partial charge on any atom is -0.550 e. The molecule has 0 aliphatic heterocycles. The molecule has 4 rings (SSSR count). The molecule has 4 bridgehead atoms. The second-order valence-corrected chi connectivity index (χ2v) is 7.79. The van der Waals surface area contributed by atoms with Gasteiger partial charge in [0.2, 0.25) is 5.91 Å². The van der Waals surface area contributed by atoms with Crippen molar-refractivity contribution in [2.45, 2.75) is 64.8 Å². The van der Waals surface area contributed by atoms with Crippen molar-refractivity contribution in [3.05, 3.63) is 0 Å². The lowest BCUT2D eigenvalue weighted by Crippen LogP contribution is -2.59. The van der Waals surface area contributed by atoms with Crippen LogP contribution in [-0.2, 0) is 9.59 Å². The predicted octanol–water partition coefficient (Wildman–Crippen LogP) is 1.24. The van der Waals surface area contributed by atoms with Crippen LogP contribution in [0.15, 0.2) is 0 Å². The van der Waals surface area contributed by atoms with Gasteiger partial charge in [-0.3, -0.25) is 4.79 Å². The molecule has 112 valence electrons. The van der Waals surface area contributed by atoms with Gasteiger partial charge in [-0.05, 0) is 74.5 Å². The van der Waals surface area contributed by atoms with E-state index in [-0.39, 0.29) is 29.2 Å². The Kier molecular flexibility index (Phi) is 3.11. The Hall–Kier alpha value is -1.06. The van der Waals surface area contributed by atoms with Gasteiger partial charge in [0, 0.05) is 18.9 Å². The summed E-state index contributed by atoms with van der Waals surface area (Å²) in [4.78, 5) is 22.5. The highest BCUT2D eigenvalue weighted by Crippen LogP contribution is 2.67. The number of carboxylic acid groups (broad SMARTS) is 1. The first-order chi connectivity index (χ1) is 9.32. The fourth-order valence-electron chi connectivity index (χ4n) is 6.00. The van der Waals surface area contributed by atoms with Gasteiger partial charge in [0.25, 0.3) is 0 Å². The summed E-state index contributed by atoms with van der Waals surface area (Å²) >= 11 is 0. The molecule has 4 aliphatic carbocycles. The number of rotatable bonds is 4. The van der Waals surface area contributed by atoms with E-state index in [9.17, 15) is 14.7 Å². The minimum absolute atomic E-state index is 0.0159. The van der Waals surface area contributed by atoms with E-state index < -0.39 is 5.97 Å². The second kappa shape index (κ2) is 4.47. The lowest BCUT2D eigenvalue weighted by molar-refractivity contribution is -0.310. The third-order valence-electron chi connectivity index (χ3n) is 6.09. The van der Waals surface area contributed by atoms with Crippen molar-refractivity contribution in [2.24, 2.45) is 22.7 Å². The van der Waals surface area contributed by atoms with Crippen LogP contribution in [0.2, 0.25) is 0 Å². The number of carbonyl (C=O) groups is 2. The van der Waals surface area contributed by atoms with Crippen molar-refractivity contribution in [2.75, 3.05) is 0 Å². The maximum atomic E-state index is 11.4. The molecule has 0 unspecified atom stereocenters. The van der Waals surface area contributed by atoms with Gasteiger partial charge >= 0.3 is 0 Å². The number of amides is 1. The van der Waals surface area contributed by atoms with Crippen molar-refractivity contribution >= 4 is 11.9 Å². The molecule has 0 aromatic heterocycles. The van der Waals surface area contributed by atoms with Gasteiger partial charge in [-0.2, -0.15) is 0 Å². The van der Waals surface area contributed by atoms with Crippen molar-refractivity contribution in [1.82, 2.24) is 5.32 Å². The lowest BCUT2D eigenvalue weighted by Gasteiger charge is -2.64. The minimum atomic E-state index is -0.908. The molecule has 1 N–H and O–H groups in total. The summed E-state index contributed by atoms with van der Waals surface area (Å²) in [6.45, 7) is 3.66. The molecule has 4 aliphatic rings. The van der Waals surface area contributed by atoms with E-state index in [0.29, 0.717) is 11.8 Å². The second-order valence-electron chi connectivity index (χ2n) is 7.79. The van der Waals surface area contributed by atoms with E-state index in [2.05, 4.69) is 12.2 Å². The summed E-state index contributed by atoms with van der Waals surface area (Å²) in [5.41, 5.74) is 0.0564. The molecule has 0 spiro atoms. The van der Waals surface area contributed by atoms with Crippen LogP contribution in [0, 0.1) is 22.7 Å². The lowest BCUT2D eigenvalue weighted by atomic mass is 9.42. The van der Waals surface area contributed by atoms with Gasteiger partial charge in [-0.1, -0.05) is 0 Å². The van der Waals surface area contributed by atoms with Crippen molar-refractivity contribution in [3.63, 3.8) is 0 Å². The average Bonchev–Trinajstić information content (AvgIpc) is 2.23. The number of nitrogens with one attached hydrogen (secondary N) is 1. The zero-order valence-corrected chi connectivity index (χ0v) is 12.4. The molecule has 4 nitrogen and oxygen atoms in total. The summed E-state index contributed by atoms with van der Waals surface area (Å²) < 4.78 is 0. The molecule has 0 saturated heterocycles. The van der Waals surface area contributed by atoms with E-state index in [4.69, 9.17) is 0 Å². The van der Waals surface area contributed by atoms with Crippen LogP contribution in [0.4, 0.5) is 0 Å². The average molecular weight is 278 g/mol. The maximum absolute atomic E-state index is 11.4. The van der Waals surface area contributed by atoms with Crippen LogP contribution in [0.25, 0.3) is 0 Å². The van der Waals surface area contributed by atoms with Crippen molar-refractivity contribution in [3.8, 4) is 0 Å². The molecule has 4 fully saturated rings. The smallest absolute Gasteiger partial charge is 0.217 e. The largest absolute Gasteiger partial charge is 0.550 e. The molecule has 0 aromatic rings. The highest BCUT2D eigenvalue weighted by Gasteiger charge is 2.59. The summed E-state index contributed by atoms with van der Waals surface area (Å²) in [7, 11) is 0. The van der Waals surface area contributed by atoms with E-state index in [1.165, 1.54) is 6.42 Å². The zero-order valence-electron chi connectivity index (χ0n) is 12.4. The van der Waals surface area contributed by atoms with E-state index in [1.807, 2.05) is 0 Å². The SMILES string of the molecule is CC(=O)N[C@H](C)C12C[C@H]3C[C@@H](CC(CC(=O)[O-])(C3)C1)C2. The molecule has 0 heterocycles. The predicted molar refractivity (Wildman–Crippen MR) is 72.5 cm³/mol. The Morgan fingerprint density at radius 2 is 1.85 bits per heavy atom. The number of aliphatic carboxylic acids is 1. The van der Waals surface area contributed by atoms with Gasteiger partial charge in [0.15, 0.2) is 0 Å². The Labute approximate surface area is 120 Å². The van der Waals surface area contributed by atoms with Crippen LogP contribution in [0.1, 0.15) is 58.8 Å². The molecule has 0 radical (unpaired) electrons. The van der Waals surface area contributed by atoms with Gasteiger partial charge in [-0.25, -0.2) is 0 Å². The zero-order chi connectivity index (χ0) is 14.5. The van der Waals surface area contributed by atoms with Crippen molar-refractivity contribution in [1.29, 1.82) is 0 Å². The Balaban J connectivity index is 1.86. The monoisotopic (exact) mass is 278 g/mol. The molecule has 1 amide bonds. The first-order valence-electron chi connectivity index (χ1n) is 7.79. The first-order valence-corrected chi connectivity index (χ1v) is 7.79. The third kappa shape index (κ3) is 2.23. The van der Waals surface area contributed by atoms with E-state index in [0.717, 1.165) is 32.1 Å². The molecule has 0 aromatic carbocycles. The summed E-state index contributed by atoms with van der Waals surface area (Å²) in [6.07, 6.45) is 6.80. The highest BCUT2D eigenvalue weighted by atomic mass is 16.4. The fraction of sp³-hybridized carbons (Fsp3) is 0.875. The normalized spacial score (nSPS) is 43.3. The molecule has 20 heavy (non-hydrogen) atoms. The van der Waals surface area contributed by atoms with Crippen molar-refractivity contribution < 1.29 is 14.7 Å². The number of carboxylic acids is 1. The van der Waals surface area contributed by atoms with Crippen LogP contribution >= 0.6 is 0 Å². The highest BCUT2D eigenvalue weighted by molar-refractivity contribution is 5.73. The number of hydrogen-bond donors (Lipinski definition) is 1. The fourth-order valence-corrected chi connectivity index (χ4v) is 6.00. The topological polar surface area (TPSA) is 69.2 Å². The van der Waals surface area contributed by atoms with Crippen LogP contribution in [0.5, 0.6) is 0 Å². The maximum Gasteiger partial charge on any atom is 0.217 e. The van der Waals surface area contributed by atoms with Crippen LogP contribution < -0.4 is 10.4 Å². The summed E-state index contributed by atoms with van der Waals surface area (Å²) in [6, 6.07) is 0.145. The van der Waals surface area contributed by atoms with Gasteiger partial charge in [0.05, 0.1) is 0 Å². The van der Waals surface area contributed by atoms with E-state index in [1.54, 1.807) is 6.92 Å². The number of carbonyl (C=O) groups excluding carboxylic acids is 2. The Bertz CT molecular complexity index is 431. The standard InChI is InChI=1S/C16H25NO3/c1-10(17-11(2)18)16-6-12-3-13(7-16)5-15(4-12,9-16)8-14(19)20/h10,12-13H,3-9H2,1-2H3,(H,17,18)(H,19,20)/p-1/t10-,12+,13+,15?,16?/m1/s1. The molecule has 4 saturated carbocycles. The van der Waals surface area contributed by atoms with Crippen LogP contribution in [-0.4, -0.2) is 17.9 Å². The first kappa shape index (κ1) is 13.9. The quantitative estimate of drug-likeness (QED) is 0.841. The molecular weight excluding hydrogens is 254 g/mol. The molecular formula is C16H24NO3-. The molecule has 3 atom stereocenters. The Morgan fingerprint density at radius 1 is 1.25 bits per heavy atom. The summed E-state index contributed by atoms with van der Waals surface area (Å²) in [5.74, 6) is 0.398. The van der Waals surface area contributed by atoms with Gasteiger partial charge in [-0.15, -0.1) is 0 Å².